The molecule has 23 heavy (non-hydrogen) atoms. The van der Waals surface area contributed by atoms with Crippen molar-refractivity contribution in [3.63, 3.8) is 0 Å². The van der Waals surface area contributed by atoms with Crippen LogP contribution in [-0.2, 0) is 16.6 Å². The number of rotatable bonds is 7. The molecule has 0 amide bonds. The van der Waals surface area contributed by atoms with E-state index in [2.05, 4.69) is 14.9 Å². The highest BCUT2D eigenvalue weighted by atomic mass is 32.2. The van der Waals surface area contributed by atoms with Gasteiger partial charge in [-0.2, -0.15) is 0 Å². The summed E-state index contributed by atoms with van der Waals surface area (Å²) in [5, 5.41) is 7.68. The molecule has 2 aromatic rings. The summed E-state index contributed by atoms with van der Waals surface area (Å²) in [6.45, 7) is 7.60. The molecule has 0 aliphatic carbocycles. The number of nitrogens with zero attached hydrogens (tertiary/aromatic N) is 2. The van der Waals surface area contributed by atoms with Gasteiger partial charge in [-0.15, -0.1) is 10.2 Å². The molecule has 0 fully saturated rings. The zero-order valence-corrected chi connectivity index (χ0v) is 14.4. The van der Waals surface area contributed by atoms with E-state index in [-0.39, 0.29) is 29.4 Å². The van der Waals surface area contributed by atoms with Crippen molar-refractivity contribution >= 4 is 10.0 Å². The first-order valence-electron chi connectivity index (χ1n) is 7.36. The third kappa shape index (κ3) is 4.77. The molecule has 1 heterocycles. The van der Waals surface area contributed by atoms with Crippen molar-refractivity contribution in [1.29, 1.82) is 0 Å². The molecule has 126 valence electrons. The summed E-state index contributed by atoms with van der Waals surface area (Å²) < 4.78 is 37.8. The van der Waals surface area contributed by atoms with Gasteiger partial charge in [-0.3, -0.25) is 0 Å². The minimum Gasteiger partial charge on any atom is -0.491 e. The van der Waals surface area contributed by atoms with Gasteiger partial charge in [-0.05, 0) is 38.1 Å². The fraction of sp³-hybridized carbons (Fsp3) is 0.467. The SMILES string of the molecule is CC(C)Oc1ccc(S(=O)(=O)NCc2nnc(C(C)C)o2)cc1. The van der Waals surface area contributed by atoms with E-state index in [1.807, 2.05) is 27.7 Å². The van der Waals surface area contributed by atoms with E-state index in [1.54, 1.807) is 12.1 Å². The standard InChI is InChI=1S/C15H21N3O4S/c1-10(2)15-18-17-14(22-15)9-16-23(19,20)13-7-5-12(6-8-13)21-11(3)4/h5-8,10-11,16H,9H2,1-4H3. The van der Waals surface area contributed by atoms with Crippen LogP contribution in [0.3, 0.4) is 0 Å². The Morgan fingerprint density at radius 3 is 2.30 bits per heavy atom. The third-order valence-electron chi connectivity index (χ3n) is 2.90. The van der Waals surface area contributed by atoms with Gasteiger partial charge in [-0.1, -0.05) is 13.8 Å². The quantitative estimate of drug-likeness (QED) is 0.832. The number of hydrogen-bond donors (Lipinski definition) is 1. The van der Waals surface area contributed by atoms with E-state index in [4.69, 9.17) is 9.15 Å². The van der Waals surface area contributed by atoms with Gasteiger partial charge in [0.05, 0.1) is 17.5 Å². The highest BCUT2D eigenvalue weighted by Gasteiger charge is 2.16. The number of aromatic nitrogens is 2. The summed E-state index contributed by atoms with van der Waals surface area (Å²) in [6, 6.07) is 6.23. The first-order chi connectivity index (χ1) is 10.8. The largest absolute Gasteiger partial charge is 0.491 e. The van der Waals surface area contributed by atoms with Crippen LogP contribution in [0.2, 0.25) is 0 Å². The number of benzene rings is 1. The summed E-state index contributed by atoms with van der Waals surface area (Å²) in [7, 11) is -3.65. The maximum absolute atomic E-state index is 12.2. The topological polar surface area (TPSA) is 94.3 Å². The number of hydrogen-bond acceptors (Lipinski definition) is 6. The van der Waals surface area contributed by atoms with Crippen LogP contribution in [0, 0.1) is 0 Å². The highest BCUT2D eigenvalue weighted by Crippen LogP contribution is 2.17. The van der Waals surface area contributed by atoms with Crippen molar-refractivity contribution in [2.45, 2.75) is 51.2 Å². The van der Waals surface area contributed by atoms with Gasteiger partial charge in [-0.25, -0.2) is 13.1 Å². The molecule has 2 rings (SSSR count). The van der Waals surface area contributed by atoms with Gasteiger partial charge >= 0.3 is 0 Å². The van der Waals surface area contributed by atoms with Gasteiger partial charge < -0.3 is 9.15 Å². The van der Waals surface area contributed by atoms with E-state index in [9.17, 15) is 8.42 Å². The van der Waals surface area contributed by atoms with E-state index >= 15 is 0 Å². The van der Waals surface area contributed by atoms with Gasteiger partial charge in [0.15, 0.2) is 0 Å². The number of sulfonamides is 1. The third-order valence-corrected chi connectivity index (χ3v) is 4.31. The molecule has 0 atom stereocenters. The van der Waals surface area contributed by atoms with Crippen LogP contribution in [0.4, 0.5) is 0 Å². The van der Waals surface area contributed by atoms with Gasteiger partial charge in [0.1, 0.15) is 5.75 Å². The lowest BCUT2D eigenvalue weighted by Gasteiger charge is -2.10. The zero-order valence-electron chi connectivity index (χ0n) is 13.6. The molecule has 1 aromatic heterocycles. The van der Waals surface area contributed by atoms with Gasteiger partial charge in [0, 0.05) is 5.92 Å². The average molecular weight is 339 g/mol. The molecule has 0 aliphatic rings. The van der Waals surface area contributed by atoms with E-state index in [0.29, 0.717) is 11.6 Å². The molecular weight excluding hydrogens is 318 g/mol. The lowest BCUT2D eigenvalue weighted by Crippen LogP contribution is -2.23. The maximum atomic E-state index is 12.2. The predicted molar refractivity (Wildman–Crippen MR) is 84.6 cm³/mol. The Bertz CT molecular complexity index is 736. The molecule has 0 saturated heterocycles. The van der Waals surface area contributed by atoms with Crippen LogP contribution in [0.5, 0.6) is 5.75 Å². The van der Waals surface area contributed by atoms with Crippen molar-refractivity contribution in [1.82, 2.24) is 14.9 Å². The van der Waals surface area contributed by atoms with Crippen LogP contribution in [0.15, 0.2) is 33.6 Å². The molecule has 0 aliphatic heterocycles. The molecule has 1 aromatic carbocycles. The normalized spacial score (nSPS) is 12.1. The Balaban J connectivity index is 2.03. The summed E-state index contributed by atoms with van der Waals surface area (Å²) in [6.07, 6.45) is 0.0308. The lowest BCUT2D eigenvalue weighted by atomic mass is 10.2. The van der Waals surface area contributed by atoms with Crippen LogP contribution in [0.1, 0.15) is 45.4 Å². The second kappa shape index (κ2) is 7.10. The highest BCUT2D eigenvalue weighted by molar-refractivity contribution is 7.89. The van der Waals surface area contributed by atoms with Crippen molar-refractivity contribution in [2.24, 2.45) is 0 Å². The number of nitrogens with one attached hydrogen (secondary N) is 1. The fourth-order valence-corrected chi connectivity index (χ4v) is 2.76. The van der Waals surface area contributed by atoms with Gasteiger partial charge in [0.2, 0.25) is 21.8 Å². The predicted octanol–water partition coefficient (Wildman–Crippen LogP) is 2.46. The number of ether oxygens (including phenoxy) is 1. The summed E-state index contributed by atoms with van der Waals surface area (Å²) in [5.41, 5.74) is 0. The fourth-order valence-electron chi connectivity index (χ4n) is 1.78. The second-order valence-electron chi connectivity index (χ2n) is 5.65. The van der Waals surface area contributed by atoms with Crippen LogP contribution in [0.25, 0.3) is 0 Å². The van der Waals surface area contributed by atoms with Crippen molar-refractivity contribution in [3.05, 3.63) is 36.0 Å². The van der Waals surface area contributed by atoms with Crippen molar-refractivity contribution in [3.8, 4) is 5.75 Å². The summed E-state index contributed by atoms with van der Waals surface area (Å²) in [5.74, 6) is 1.44. The Labute approximate surface area is 136 Å². The second-order valence-corrected chi connectivity index (χ2v) is 7.42. The molecule has 0 spiro atoms. The Morgan fingerprint density at radius 1 is 1.13 bits per heavy atom. The smallest absolute Gasteiger partial charge is 0.241 e. The zero-order chi connectivity index (χ0) is 17.0. The van der Waals surface area contributed by atoms with Crippen LogP contribution in [-0.4, -0.2) is 24.7 Å². The molecule has 0 unspecified atom stereocenters. The molecule has 8 heteroatoms. The Kier molecular flexibility index (Phi) is 5.38. The Morgan fingerprint density at radius 2 is 1.78 bits per heavy atom. The van der Waals surface area contributed by atoms with Gasteiger partial charge in [0.25, 0.3) is 0 Å². The maximum Gasteiger partial charge on any atom is 0.241 e. The van der Waals surface area contributed by atoms with Crippen molar-refractivity contribution in [2.75, 3.05) is 0 Å². The van der Waals surface area contributed by atoms with Crippen LogP contribution >= 0.6 is 0 Å². The van der Waals surface area contributed by atoms with Crippen molar-refractivity contribution < 1.29 is 17.6 Å². The van der Waals surface area contributed by atoms with E-state index < -0.39 is 10.0 Å². The molecular formula is C15H21N3O4S. The monoisotopic (exact) mass is 339 g/mol. The minimum atomic E-state index is -3.65. The van der Waals surface area contributed by atoms with E-state index in [0.717, 1.165) is 0 Å². The van der Waals surface area contributed by atoms with E-state index in [1.165, 1.54) is 12.1 Å². The van der Waals surface area contributed by atoms with Crippen LogP contribution < -0.4 is 9.46 Å². The molecule has 0 bridgehead atoms. The first kappa shape index (κ1) is 17.4. The Hall–Kier alpha value is -1.93. The molecule has 7 nitrogen and oxygen atoms in total. The minimum absolute atomic E-state index is 0.0308. The first-order valence-corrected chi connectivity index (χ1v) is 8.85. The molecule has 0 radical (unpaired) electrons. The molecule has 1 N–H and O–H groups in total. The lowest BCUT2D eigenvalue weighted by molar-refractivity contribution is 0.242. The average Bonchev–Trinajstić information content (AvgIpc) is 2.94. The summed E-state index contributed by atoms with van der Waals surface area (Å²) >= 11 is 0. The summed E-state index contributed by atoms with van der Waals surface area (Å²) in [4.78, 5) is 0.150. The molecule has 0 saturated carbocycles.